The van der Waals surface area contributed by atoms with Gasteiger partial charge >= 0.3 is 0 Å². The highest BCUT2D eigenvalue weighted by Crippen LogP contribution is 2.20. The summed E-state index contributed by atoms with van der Waals surface area (Å²) in [5, 5.41) is 7.36. The van der Waals surface area contributed by atoms with E-state index in [-0.39, 0.29) is 11.1 Å². The summed E-state index contributed by atoms with van der Waals surface area (Å²) in [4.78, 5) is 28.2. The average molecular weight is 386 g/mol. The number of hydrogen-bond donors (Lipinski definition) is 3. The highest BCUT2D eigenvalue weighted by molar-refractivity contribution is 5.84. The minimum atomic E-state index is -0.751. The van der Waals surface area contributed by atoms with E-state index in [4.69, 9.17) is 0 Å². The van der Waals surface area contributed by atoms with Gasteiger partial charge in [0.2, 0.25) is 5.91 Å². The highest BCUT2D eigenvalue weighted by Gasteiger charge is 2.24. The first-order valence-electron chi connectivity index (χ1n) is 8.99. The van der Waals surface area contributed by atoms with E-state index in [2.05, 4.69) is 15.6 Å². The number of benzene rings is 1. The van der Waals surface area contributed by atoms with Crippen LogP contribution >= 0.6 is 0 Å². The molecule has 0 fully saturated rings. The summed E-state index contributed by atoms with van der Waals surface area (Å²) >= 11 is 0. The van der Waals surface area contributed by atoms with Crippen LogP contribution in [0.2, 0.25) is 0 Å². The molecule has 2 heterocycles. The highest BCUT2D eigenvalue weighted by atomic mass is 19.1. The van der Waals surface area contributed by atoms with Crippen LogP contribution in [-0.4, -0.2) is 10.9 Å². The van der Waals surface area contributed by atoms with E-state index in [9.17, 15) is 18.4 Å². The average Bonchev–Trinajstić information content (AvgIpc) is 2.61. The summed E-state index contributed by atoms with van der Waals surface area (Å²) in [5.74, 6) is -2.58. The van der Waals surface area contributed by atoms with Crippen LogP contribution in [0.25, 0.3) is 11.8 Å². The van der Waals surface area contributed by atoms with E-state index in [1.807, 2.05) is 6.92 Å². The Kier molecular flexibility index (Phi) is 5.36. The van der Waals surface area contributed by atoms with E-state index in [0.29, 0.717) is 10.9 Å². The van der Waals surface area contributed by atoms with Gasteiger partial charge in [-0.15, -0.1) is 0 Å². The quantitative estimate of drug-likeness (QED) is 0.748. The molecule has 28 heavy (non-hydrogen) atoms. The molecule has 1 amide bonds. The summed E-state index contributed by atoms with van der Waals surface area (Å²) in [5.41, 5.74) is 1.80. The van der Waals surface area contributed by atoms with E-state index in [1.54, 1.807) is 33.4 Å². The molecule has 1 radical (unpaired) electrons. The minimum absolute atomic E-state index is 0.177. The van der Waals surface area contributed by atoms with Crippen molar-refractivity contribution in [1.82, 2.24) is 15.6 Å². The Morgan fingerprint density at radius 3 is 2.57 bits per heavy atom. The lowest BCUT2D eigenvalue weighted by molar-refractivity contribution is -0.122. The number of fused-ring (bicyclic) bond motifs is 1. The van der Waals surface area contributed by atoms with Gasteiger partial charge in [0.1, 0.15) is 11.6 Å². The van der Waals surface area contributed by atoms with Gasteiger partial charge in [0.15, 0.2) is 0 Å². The molecule has 0 saturated heterocycles. The molecule has 1 aliphatic heterocycles. The maximum Gasteiger partial charge on any atom is 0.252 e. The normalized spacial score (nSPS) is 15.1. The third-order valence-corrected chi connectivity index (χ3v) is 5.08. The topological polar surface area (TPSA) is 74.0 Å². The minimum Gasteiger partial charge on any atom is -0.379 e. The molecule has 147 valence electrons. The molecule has 7 heteroatoms. The van der Waals surface area contributed by atoms with Gasteiger partial charge in [-0.05, 0) is 45.4 Å². The standard InChI is InChI=1S/C21H22F2N3O2/c1-10-18(21(28)26-17-7-8-24-13(4)19(10)17)11(2)20(27)25-12(3)15-6-5-14(22)9-16(15)23/h5-9,11-12,24H,1-4H3,(H,25,27)(H,26,28)/t11?,12-/m0/s1. The maximum absolute atomic E-state index is 14.0. The van der Waals surface area contributed by atoms with Crippen molar-refractivity contribution in [2.24, 2.45) is 0 Å². The second-order valence-electron chi connectivity index (χ2n) is 7.00. The van der Waals surface area contributed by atoms with Gasteiger partial charge in [-0.2, -0.15) is 0 Å². The number of carbonyl (C=O) groups excluding carboxylic acids is 1. The SMILES string of the molecule is CC1=c2c(C)c(C(C)C(=O)N[C@@H](C)c3ccc(F)cc3F)c(=O)[nH]c2=C[CH]N1. The molecule has 1 unspecified atom stereocenters. The van der Waals surface area contributed by atoms with Crippen LogP contribution < -0.4 is 26.8 Å². The molecule has 0 saturated carbocycles. The molecule has 2 atom stereocenters. The fraction of sp³-hybridized carbons (Fsp3) is 0.286. The lowest BCUT2D eigenvalue weighted by Gasteiger charge is -2.20. The largest absolute Gasteiger partial charge is 0.379 e. The smallest absolute Gasteiger partial charge is 0.252 e. The molecule has 0 spiro atoms. The van der Waals surface area contributed by atoms with Crippen molar-refractivity contribution in [3.63, 3.8) is 0 Å². The number of H-pyrrole nitrogens is 1. The zero-order valence-electron chi connectivity index (χ0n) is 16.1. The number of aromatic amines is 1. The van der Waals surface area contributed by atoms with Gasteiger partial charge in [0.25, 0.3) is 5.56 Å². The van der Waals surface area contributed by atoms with Crippen LogP contribution in [-0.2, 0) is 4.79 Å². The Labute approximate surface area is 161 Å². The maximum atomic E-state index is 14.0. The first kappa shape index (κ1) is 19.8. The molecule has 2 aromatic rings. The third-order valence-electron chi connectivity index (χ3n) is 5.08. The number of pyridine rings is 1. The van der Waals surface area contributed by atoms with E-state index >= 15 is 0 Å². The Morgan fingerprint density at radius 2 is 1.89 bits per heavy atom. The number of carbonyl (C=O) groups is 1. The van der Waals surface area contributed by atoms with Crippen LogP contribution in [0.15, 0.2) is 23.0 Å². The predicted molar refractivity (Wildman–Crippen MR) is 103 cm³/mol. The Morgan fingerprint density at radius 1 is 1.18 bits per heavy atom. The number of amides is 1. The number of nitrogens with one attached hydrogen (secondary N) is 3. The molecular formula is C21H22F2N3O2. The zero-order valence-corrected chi connectivity index (χ0v) is 16.1. The molecule has 3 N–H and O–H groups in total. The predicted octanol–water partition coefficient (Wildman–Crippen LogP) is 1.62. The summed E-state index contributed by atoms with van der Waals surface area (Å²) in [7, 11) is 0. The summed E-state index contributed by atoms with van der Waals surface area (Å²) in [6.07, 6.45) is 1.77. The molecule has 0 aliphatic carbocycles. The van der Waals surface area contributed by atoms with Gasteiger partial charge < -0.3 is 15.6 Å². The first-order valence-corrected chi connectivity index (χ1v) is 8.99. The number of hydrogen-bond acceptors (Lipinski definition) is 3. The second kappa shape index (κ2) is 7.58. The molecular weight excluding hydrogens is 364 g/mol. The van der Waals surface area contributed by atoms with Crippen molar-refractivity contribution in [2.45, 2.75) is 39.7 Å². The van der Waals surface area contributed by atoms with Crippen molar-refractivity contribution in [2.75, 3.05) is 0 Å². The summed E-state index contributed by atoms with van der Waals surface area (Å²) < 4.78 is 27.1. The second-order valence-corrected chi connectivity index (χ2v) is 7.00. The van der Waals surface area contributed by atoms with E-state index in [1.165, 1.54) is 6.07 Å². The molecule has 1 aromatic carbocycles. The van der Waals surface area contributed by atoms with Gasteiger partial charge in [0, 0.05) is 33.5 Å². The van der Waals surface area contributed by atoms with E-state index in [0.717, 1.165) is 28.6 Å². The first-order chi connectivity index (χ1) is 13.2. The lowest BCUT2D eigenvalue weighted by atomic mass is 9.94. The molecule has 1 aliphatic rings. The fourth-order valence-corrected chi connectivity index (χ4v) is 3.61. The molecule has 5 nitrogen and oxygen atoms in total. The van der Waals surface area contributed by atoms with Gasteiger partial charge in [0.05, 0.1) is 18.5 Å². The summed E-state index contributed by atoms with van der Waals surface area (Å²) in [6.45, 7) is 8.68. The van der Waals surface area contributed by atoms with Gasteiger partial charge in [-0.25, -0.2) is 8.78 Å². The van der Waals surface area contributed by atoms with Crippen molar-refractivity contribution >= 4 is 17.7 Å². The number of halogens is 2. The summed E-state index contributed by atoms with van der Waals surface area (Å²) in [6, 6.07) is 2.54. The van der Waals surface area contributed by atoms with Crippen molar-refractivity contribution in [3.05, 3.63) is 74.0 Å². The van der Waals surface area contributed by atoms with Crippen LogP contribution in [0, 0.1) is 25.1 Å². The van der Waals surface area contributed by atoms with Crippen molar-refractivity contribution in [3.8, 4) is 0 Å². The zero-order chi connectivity index (χ0) is 20.6. The van der Waals surface area contributed by atoms with Crippen LogP contribution in [0.5, 0.6) is 0 Å². The van der Waals surface area contributed by atoms with Gasteiger partial charge in [-0.1, -0.05) is 6.07 Å². The number of aromatic nitrogens is 1. The molecule has 3 rings (SSSR count). The van der Waals surface area contributed by atoms with Crippen LogP contribution in [0.3, 0.4) is 0 Å². The Balaban J connectivity index is 1.93. The number of rotatable bonds is 4. The molecule has 1 aromatic heterocycles. The van der Waals surface area contributed by atoms with Gasteiger partial charge in [-0.3, -0.25) is 9.59 Å². The van der Waals surface area contributed by atoms with Crippen molar-refractivity contribution < 1.29 is 13.6 Å². The van der Waals surface area contributed by atoms with Crippen LogP contribution in [0.1, 0.15) is 49.4 Å². The van der Waals surface area contributed by atoms with Crippen molar-refractivity contribution in [1.29, 1.82) is 0 Å². The fourth-order valence-electron chi connectivity index (χ4n) is 3.61. The third kappa shape index (κ3) is 3.56. The molecule has 0 bridgehead atoms. The Bertz CT molecular complexity index is 1120. The Hall–Kier alpha value is -2.96. The monoisotopic (exact) mass is 386 g/mol. The lowest BCUT2D eigenvalue weighted by Crippen LogP contribution is -2.46. The van der Waals surface area contributed by atoms with E-state index < -0.39 is 29.5 Å². The van der Waals surface area contributed by atoms with Crippen LogP contribution in [0.4, 0.5) is 8.78 Å².